The van der Waals surface area contributed by atoms with Gasteiger partial charge in [-0.1, -0.05) is 26.0 Å². The summed E-state index contributed by atoms with van der Waals surface area (Å²) in [6.45, 7) is 6.66. The van der Waals surface area contributed by atoms with Crippen molar-refractivity contribution >= 4 is 44.2 Å². The fourth-order valence-corrected chi connectivity index (χ4v) is 3.35. The van der Waals surface area contributed by atoms with E-state index in [-0.39, 0.29) is 18.4 Å². The van der Waals surface area contributed by atoms with Gasteiger partial charge in [0, 0.05) is 22.1 Å². The fourth-order valence-electron chi connectivity index (χ4n) is 2.22. The molecule has 1 N–H and O–H groups in total. The molecule has 25 heavy (non-hydrogen) atoms. The lowest BCUT2D eigenvalue weighted by atomic mass is 10.1. The molecule has 0 aliphatic carbocycles. The Labute approximate surface area is 160 Å². The van der Waals surface area contributed by atoms with E-state index in [0.717, 1.165) is 15.8 Å². The van der Waals surface area contributed by atoms with Crippen LogP contribution in [0.1, 0.15) is 35.5 Å². The maximum Gasteiger partial charge on any atom is 0.255 e. The summed E-state index contributed by atoms with van der Waals surface area (Å²) >= 11 is 4.83. The molecule has 0 aliphatic rings. The Hall–Kier alpha value is -1.73. The summed E-state index contributed by atoms with van der Waals surface area (Å²) in [5.41, 5.74) is 0.559. The maximum atomic E-state index is 12.9. The Morgan fingerprint density at radius 1 is 1.32 bits per heavy atom. The summed E-state index contributed by atoms with van der Waals surface area (Å²) in [5, 5.41) is 3.32. The lowest BCUT2D eigenvalue weighted by Crippen LogP contribution is -2.39. The molecule has 7 heteroatoms. The third kappa shape index (κ3) is 5.93. The summed E-state index contributed by atoms with van der Waals surface area (Å²) in [5.74, 6) is 0.0521. The molecule has 2 amide bonds. The van der Waals surface area contributed by atoms with E-state index < -0.39 is 0 Å². The number of hydrogen-bond donors (Lipinski definition) is 1. The zero-order chi connectivity index (χ0) is 18.4. The highest BCUT2D eigenvalue weighted by molar-refractivity contribution is 9.10. The van der Waals surface area contributed by atoms with E-state index in [1.165, 1.54) is 11.3 Å². The number of hydrogen-bond acceptors (Lipinski definition) is 4. The van der Waals surface area contributed by atoms with Gasteiger partial charge in [0.1, 0.15) is 6.54 Å². The Balaban J connectivity index is 2.10. The van der Waals surface area contributed by atoms with Crippen LogP contribution in [0.5, 0.6) is 0 Å². The van der Waals surface area contributed by atoms with Gasteiger partial charge >= 0.3 is 0 Å². The zero-order valence-electron chi connectivity index (χ0n) is 14.6. The van der Waals surface area contributed by atoms with Crippen LogP contribution < -0.4 is 5.32 Å². The predicted molar refractivity (Wildman–Crippen MR) is 105 cm³/mol. The number of benzene rings is 1. The van der Waals surface area contributed by atoms with Crippen molar-refractivity contribution in [2.75, 3.05) is 18.4 Å². The minimum Gasteiger partial charge on any atom is -0.329 e. The molecule has 0 fully saturated rings. The number of carbonyl (C=O) groups is 2. The first-order chi connectivity index (χ1) is 11.9. The quantitative estimate of drug-likeness (QED) is 0.719. The van der Waals surface area contributed by atoms with Gasteiger partial charge in [0.05, 0.1) is 5.56 Å². The van der Waals surface area contributed by atoms with Crippen LogP contribution in [-0.4, -0.2) is 34.8 Å². The molecule has 5 nitrogen and oxygen atoms in total. The molecule has 0 bridgehead atoms. The van der Waals surface area contributed by atoms with E-state index in [2.05, 4.69) is 40.1 Å². The van der Waals surface area contributed by atoms with Crippen molar-refractivity contribution in [2.45, 2.75) is 27.2 Å². The van der Waals surface area contributed by atoms with Gasteiger partial charge in [-0.3, -0.25) is 9.59 Å². The van der Waals surface area contributed by atoms with Crippen LogP contribution in [0.3, 0.4) is 0 Å². The number of anilines is 1. The van der Waals surface area contributed by atoms with Crippen LogP contribution in [0.25, 0.3) is 0 Å². The maximum absolute atomic E-state index is 12.9. The third-order valence-corrected chi connectivity index (χ3v) is 5.09. The molecule has 0 saturated heterocycles. The molecule has 1 heterocycles. The number of rotatable bonds is 7. The van der Waals surface area contributed by atoms with Crippen LogP contribution in [0.15, 0.2) is 34.9 Å². The van der Waals surface area contributed by atoms with Gasteiger partial charge in [-0.25, -0.2) is 4.98 Å². The van der Waals surface area contributed by atoms with E-state index in [0.29, 0.717) is 23.2 Å². The van der Waals surface area contributed by atoms with Crippen LogP contribution in [0.4, 0.5) is 5.13 Å². The summed E-state index contributed by atoms with van der Waals surface area (Å²) < 4.78 is 0.727. The number of nitrogens with zero attached hydrogens (tertiary/aromatic N) is 2. The molecule has 0 unspecified atom stereocenters. The first-order valence-corrected chi connectivity index (χ1v) is 9.74. The van der Waals surface area contributed by atoms with Crippen molar-refractivity contribution < 1.29 is 9.59 Å². The number of aromatic nitrogens is 1. The number of amides is 2. The highest BCUT2D eigenvalue weighted by atomic mass is 79.9. The molecule has 0 saturated carbocycles. The lowest BCUT2D eigenvalue weighted by Gasteiger charge is -2.23. The smallest absolute Gasteiger partial charge is 0.255 e. The predicted octanol–water partition coefficient (Wildman–Crippen LogP) is 4.34. The Bertz CT molecular complexity index is 745. The van der Waals surface area contributed by atoms with Gasteiger partial charge in [-0.05, 0) is 47.3 Å². The van der Waals surface area contributed by atoms with Crippen molar-refractivity contribution in [1.29, 1.82) is 0 Å². The minimum atomic E-state index is -0.237. The number of aryl methyl sites for hydroxylation is 1. The van der Waals surface area contributed by atoms with Crippen molar-refractivity contribution in [2.24, 2.45) is 5.92 Å². The van der Waals surface area contributed by atoms with Gasteiger partial charge in [-0.15, -0.1) is 11.3 Å². The Kier molecular flexibility index (Phi) is 7.13. The van der Waals surface area contributed by atoms with Crippen molar-refractivity contribution in [3.63, 3.8) is 0 Å². The van der Waals surface area contributed by atoms with E-state index in [1.54, 1.807) is 17.2 Å². The van der Waals surface area contributed by atoms with E-state index >= 15 is 0 Å². The summed E-state index contributed by atoms with van der Waals surface area (Å²) in [6, 6.07) is 7.26. The van der Waals surface area contributed by atoms with E-state index in [9.17, 15) is 9.59 Å². The number of carbonyl (C=O) groups excluding carboxylic acids is 2. The normalized spacial score (nSPS) is 10.8. The zero-order valence-corrected chi connectivity index (χ0v) is 17.0. The molecular weight excluding hydrogens is 402 g/mol. The van der Waals surface area contributed by atoms with Gasteiger partial charge in [-0.2, -0.15) is 0 Å². The average molecular weight is 424 g/mol. The standard InChI is InChI=1S/C18H22BrN3O2S/c1-12(2)8-9-22(17(24)14-6-4-5-7-15(14)19)11-16(23)21-18-20-10-13(3)25-18/h4-7,10,12H,8-9,11H2,1-3H3,(H,20,21,23). The molecule has 2 aromatic rings. The highest BCUT2D eigenvalue weighted by Crippen LogP contribution is 2.19. The monoisotopic (exact) mass is 423 g/mol. The van der Waals surface area contributed by atoms with E-state index in [4.69, 9.17) is 0 Å². The van der Waals surface area contributed by atoms with Crippen LogP contribution >= 0.6 is 27.3 Å². The second kappa shape index (κ2) is 9.10. The SMILES string of the molecule is Cc1cnc(NC(=O)CN(CCC(C)C)C(=O)c2ccccc2Br)s1. The molecule has 0 atom stereocenters. The summed E-state index contributed by atoms with van der Waals surface area (Å²) in [4.78, 5) is 32.0. The highest BCUT2D eigenvalue weighted by Gasteiger charge is 2.21. The molecule has 0 radical (unpaired) electrons. The number of thiazole rings is 1. The van der Waals surface area contributed by atoms with Gasteiger partial charge in [0.25, 0.3) is 5.91 Å². The molecule has 1 aromatic carbocycles. The largest absolute Gasteiger partial charge is 0.329 e. The number of nitrogens with one attached hydrogen (secondary N) is 1. The molecule has 0 spiro atoms. The van der Waals surface area contributed by atoms with Crippen molar-refractivity contribution in [3.8, 4) is 0 Å². The molecule has 0 aliphatic heterocycles. The second-order valence-corrected chi connectivity index (χ2v) is 8.30. The van der Waals surface area contributed by atoms with Gasteiger partial charge in [0.2, 0.25) is 5.91 Å². The summed E-state index contributed by atoms with van der Waals surface area (Å²) in [6.07, 6.45) is 2.54. The lowest BCUT2D eigenvalue weighted by molar-refractivity contribution is -0.116. The molecular formula is C18H22BrN3O2S. The second-order valence-electron chi connectivity index (χ2n) is 6.21. The molecule has 1 aromatic heterocycles. The molecule has 2 rings (SSSR count). The van der Waals surface area contributed by atoms with Gasteiger partial charge in [0.15, 0.2) is 5.13 Å². The van der Waals surface area contributed by atoms with Crippen molar-refractivity contribution in [1.82, 2.24) is 9.88 Å². The first kappa shape index (κ1) is 19.6. The fraction of sp³-hybridized carbons (Fsp3) is 0.389. The van der Waals surface area contributed by atoms with E-state index in [1.807, 2.05) is 25.1 Å². The van der Waals surface area contributed by atoms with Crippen LogP contribution in [0, 0.1) is 12.8 Å². The average Bonchev–Trinajstić information content (AvgIpc) is 2.96. The Morgan fingerprint density at radius 2 is 2.04 bits per heavy atom. The topological polar surface area (TPSA) is 62.3 Å². The third-order valence-electron chi connectivity index (χ3n) is 3.57. The number of halogens is 1. The van der Waals surface area contributed by atoms with Gasteiger partial charge < -0.3 is 10.2 Å². The summed E-state index contributed by atoms with van der Waals surface area (Å²) in [7, 11) is 0. The van der Waals surface area contributed by atoms with Crippen molar-refractivity contribution in [3.05, 3.63) is 45.4 Å². The Morgan fingerprint density at radius 3 is 2.64 bits per heavy atom. The van der Waals surface area contributed by atoms with Crippen LogP contribution in [0.2, 0.25) is 0 Å². The van der Waals surface area contributed by atoms with Crippen LogP contribution in [-0.2, 0) is 4.79 Å². The molecule has 134 valence electrons. The minimum absolute atomic E-state index is 0.00547. The first-order valence-electron chi connectivity index (χ1n) is 8.13.